The average molecular weight is 245 g/mol. The van der Waals surface area contributed by atoms with E-state index in [2.05, 4.69) is 17.4 Å². The number of hydrogen-bond acceptors (Lipinski definition) is 4. The summed E-state index contributed by atoms with van der Waals surface area (Å²) in [6.45, 7) is -3.07. The molecular weight excluding hydrogens is 240 g/mol. The number of rotatable bonds is 3. The van der Waals surface area contributed by atoms with Gasteiger partial charge in [0.1, 0.15) is 11.8 Å². The van der Waals surface area contributed by atoms with Crippen LogP contribution in [0, 0.1) is 11.3 Å². The normalized spacial score (nSPS) is 9.94. The van der Waals surface area contributed by atoms with E-state index >= 15 is 0 Å². The van der Waals surface area contributed by atoms with E-state index in [1.165, 1.54) is 0 Å². The number of ether oxygens (including phenoxy) is 1. The zero-order valence-electron chi connectivity index (χ0n) is 7.65. The van der Waals surface area contributed by atoms with E-state index in [1.807, 2.05) is 0 Å². The fourth-order valence-corrected chi connectivity index (χ4v) is 1.36. The Morgan fingerprint density at radius 1 is 1.56 bits per heavy atom. The molecule has 0 spiro atoms. The SMILES string of the molecule is N#Cc1c(S)cc(OC(F)F)cc1C(=O)O. The van der Waals surface area contributed by atoms with Gasteiger partial charge in [0, 0.05) is 4.90 Å². The Morgan fingerprint density at radius 3 is 2.62 bits per heavy atom. The molecule has 0 aliphatic heterocycles. The number of carboxylic acids is 1. The van der Waals surface area contributed by atoms with Crippen LogP contribution >= 0.6 is 12.6 Å². The fourth-order valence-electron chi connectivity index (χ4n) is 1.06. The second-order valence-corrected chi connectivity index (χ2v) is 3.14. The molecule has 0 unspecified atom stereocenters. The highest BCUT2D eigenvalue weighted by atomic mass is 32.1. The Morgan fingerprint density at radius 2 is 2.19 bits per heavy atom. The minimum absolute atomic E-state index is 0.0296. The minimum Gasteiger partial charge on any atom is -0.478 e. The molecule has 1 aromatic carbocycles. The number of nitrogens with zero attached hydrogens (tertiary/aromatic N) is 1. The van der Waals surface area contributed by atoms with Gasteiger partial charge >= 0.3 is 12.6 Å². The van der Waals surface area contributed by atoms with Crippen molar-refractivity contribution in [2.45, 2.75) is 11.5 Å². The average Bonchev–Trinajstić information content (AvgIpc) is 2.15. The number of hydrogen-bond donors (Lipinski definition) is 2. The van der Waals surface area contributed by atoms with E-state index in [0.29, 0.717) is 0 Å². The summed E-state index contributed by atoms with van der Waals surface area (Å²) in [4.78, 5) is 10.7. The van der Waals surface area contributed by atoms with Crippen LogP contribution in [0.1, 0.15) is 15.9 Å². The van der Waals surface area contributed by atoms with Crippen LogP contribution < -0.4 is 4.74 Å². The summed E-state index contributed by atoms with van der Waals surface area (Å²) in [7, 11) is 0. The first-order valence-corrected chi connectivity index (χ1v) is 4.35. The van der Waals surface area contributed by atoms with Crippen LogP contribution in [0.15, 0.2) is 17.0 Å². The van der Waals surface area contributed by atoms with Crippen molar-refractivity contribution in [3.63, 3.8) is 0 Å². The fraction of sp³-hybridized carbons (Fsp3) is 0.111. The smallest absolute Gasteiger partial charge is 0.387 e. The number of halogens is 2. The lowest BCUT2D eigenvalue weighted by molar-refractivity contribution is -0.0500. The van der Waals surface area contributed by atoms with Crippen molar-refractivity contribution < 1.29 is 23.4 Å². The lowest BCUT2D eigenvalue weighted by Gasteiger charge is -2.08. The number of nitriles is 1. The summed E-state index contributed by atoms with van der Waals surface area (Å²) in [5.74, 6) is -1.76. The van der Waals surface area contributed by atoms with Gasteiger partial charge in [-0.3, -0.25) is 0 Å². The van der Waals surface area contributed by atoms with Crippen molar-refractivity contribution >= 4 is 18.6 Å². The molecule has 0 aliphatic rings. The number of carboxylic acid groups (broad SMARTS) is 1. The molecule has 1 aromatic rings. The third kappa shape index (κ3) is 2.61. The van der Waals surface area contributed by atoms with Crippen molar-refractivity contribution in [1.82, 2.24) is 0 Å². The minimum atomic E-state index is -3.07. The summed E-state index contributed by atoms with van der Waals surface area (Å²) in [6, 6.07) is 3.54. The number of thiol groups is 1. The first-order valence-electron chi connectivity index (χ1n) is 3.91. The predicted molar refractivity (Wildman–Crippen MR) is 52.0 cm³/mol. The van der Waals surface area contributed by atoms with Crippen LogP contribution in [-0.4, -0.2) is 17.7 Å². The molecule has 0 heterocycles. The van der Waals surface area contributed by atoms with Gasteiger partial charge in [0.2, 0.25) is 0 Å². The van der Waals surface area contributed by atoms with Gasteiger partial charge < -0.3 is 9.84 Å². The molecule has 84 valence electrons. The van der Waals surface area contributed by atoms with Gasteiger partial charge in [0.05, 0.1) is 11.1 Å². The third-order valence-corrected chi connectivity index (χ3v) is 2.01. The van der Waals surface area contributed by atoms with E-state index in [1.54, 1.807) is 6.07 Å². The van der Waals surface area contributed by atoms with E-state index in [0.717, 1.165) is 12.1 Å². The van der Waals surface area contributed by atoms with Crippen molar-refractivity contribution in [3.8, 4) is 11.8 Å². The summed E-state index contributed by atoms with van der Waals surface area (Å²) >= 11 is 3.82. The van der Waals surface area contributed by atoms with E-state index < -0.39 is 18.1 Å². The molecule has 0 aromatic heterocycles. The molecule has 0 saturated carbocycles. The molecule has 0 fully saturated rings. The molecule has 0 bridgehead atoms. The Labute approximate surface area is 94.5 Å². The van der Waals surface area contributed by atoms with Crippen molar-refractivity contribution in [2.75, 3.05) is 0 Å². The van der Waals surface area contributed by atoms with Crippen LogP contribution in [0.5, 0.6) is 5.75 Å². The Bertz CT molecular complexity index is 471. The molecule has 0 radical (unpaired) electrons. The quantitative estimate of drug-likeness (QED) is 0.800. The zero-order valence-corrected chi connectivity index (χ0v) is 8.54. The van der Waals surface area contributed by atoms with Crippen LogP contribution in [0.2, 0.25) is 0 Å². The molecule has 7 heteroatoms. The Hall–Kier alpha value is -1.81. The predicted octanol–water partition coefficient (Wildman–Crippen LogP) is 2.15. The second kappa shape index (κ2) is 4.81. The van der Waals surface area contributed by atoms with E-state index in [-0.39, 0.29) is 16.2 Å². The van der Waals surface area contributed by atoms with Crippen molar-refractivity contribution in [2.24, 2.45) is 0 Å². The third-order valence-electron chi connectivity index (χ3n) is 1.66. The second-order valence-electron chi connectivity index (χ2n) is 2.66. The van der Waals surface area contributed by atoms with Gasteiger partial charge in [-0.05, 0) is 12.1 Å². The van der Waals surface area contributed by atoms with Crippen LogP contribution in [-0.2, 0) is 0 Å². The van der Waals surface area contributed by atoms with Crippen LogP contribution in [0.25, 0.3) is 0 Å². The maximum absolute atomic E-state index is 11.9. The molecule has 0 atom stereocenters. The monoisotopic (exact) mass is 245 g/mol. The van der Waals surface area contributed by atoms with Crippen molar-refractivity contribution in [1.29, 1.82) is 5.26 Å². The lowest BCUT2D eigenvalue weighted by atomic mass is 10.1. The highest BCUT2D eigenvalue weighted by Crippen LogP contribution is 2.26. The molecule has 4 nitrogen and oxygen atoms in total. The van der Waals surface area contributed by atoms with Gasteiger partial charge in [0.25, 0.3) is 0 Å². The maximum Gasteiger partial charge on any atom is 0.387 e. The Kier molecular flexibility index (Phi) is 3.68. The largest absolute Gasteiger partial charge is 0.478 e. The summed E-state index contributed by atoms with van der Waals surface area (Å²) in [5.41, 5.74) is -0.622. The van der Waals surface area contributed by atoms with Gasteiger partial charge in [-0.25, -0.2) is 4.79 Å². The summed E-state index contributed by atoms with van der Waals surface area (Å²) < 4.78 is 27.8. The molecule has 0 saturated heterocycles. The van der Waals surface area contributed by atoms with Gasteiger partial charge in [-0.15, -0.1) is 12.6 Å². The lowest BCUT2D eigenvalue weighted by Crippen LogP contribution is -2.06. The van der Waals surface area contributed by atoms with Gasteiger partial charge in [-0.2, -0.15) is 14.0 Å². The first-order chi connectivity index (χ1) is 7.45. The molecule has 0 aliphatic carbocycles. The zero-order chi connectivity index (χ0) is 12.3. The number of benzene rings is 1. The molecule has 1 rings (SSSR count). The van der Waals surface area contributed by atoms with Gasteiger partial charge in [-0.1, -0.05) is 0 Å². The van der Waals surface area contributed by atoms with E-state index in [9.17, 15) is 13.6 Å². The topological polar surface area (TPSA) is 70.3 Å². The van der Waals surface area contributed by atoms with Crippen molar-refractivity contribution in [3.05, 3.63) is 23.3 Å². The molecule has 16 heavy (non-hydrogen) atoms. The van der Waals surface area contributed by atoms with Gasteiger partial charge in [0.15, 0.2) is 0 Å². The summed E-state index contributed by atoms with van der Waals surface area (Å²) in [6.07, 6.45) is 0. The van der Waals surface area contributed by atoms with Crippen LogP contribution in [0.4, 0.5) is 8.78 Å². The van der Waals surface area contributed by atoms with Crippen LogP contribution in [0.3, 0.4) is 0 Å². The number of aromatic carboxylic acids is 1. The molecule has 1 N–H and O–H groups in total. The first kappa shape index (κ1) is 12.3. The number of carbonyl (C=O) groups is 1. The maximum atomic E-state index is 11.9. The van der Waals surface area contributed by atoms with E-state index in [4.69, 9.17) is 10.4 Å². The standard InChI is InChI=1S/C9H5F2NO3S/c10-9(11)15-4-1-5(8(13)14)6(3-12)7(16)2-4/h1-2,9,16H,(H,13,14). The Balaban J connectivity index is 3.29. The molecular formula is C9H5F2NO3S. The molecule has 0 amide bonds. The highest BCUT2D eigenvalue weighted by Gasteiger charge is 2.16. The summed E-state index contributed by atoms with van der Waals surface area (Å²) in [5, 5.41) is 17.4. The number of alkyl halides is 2. The highest BCUT2D eigenvalue weighted by molar-refractivity contribution is 7.80.